The van der Waals surface area contributed by atoms with Crippen LogP contribution in [0.5, 0.6) is 5.75 Å². The molecule has 2 aromatic rings. The maximum absolute atomic E-state index is 13.2. The van der Waals surface area contributed by atoms with Gasteiger partial charge in [0.1, 0.15) is 11.6 Å². The molecule has 1 N–H and O–H groups in total. The van der Waals surface area contributed by atoms with Gasteiger partial charge in [-0.25, -0.2) is 4.39 Å². The zero-order chi connectivity index (χ0) is 14.7. The number of anilines is 1. The van der Waals surface area contributed by atoms with Crippen molar-refractivity contribution in [2.75, 3.05) is 12.4 Å². The largest absolute Gasteiger partial charge is 0.497 e. The van der Waals surface area contributed by atoms with Crippen molar-refractivity contribution in [2.24, 2.45) is 0 Å². The van der Waals surface area contributed by atoms with Gasteiger partial charge in [-0.2, -0.15) is 0 Å². The number of benzene rings is 2. The van der Waals surface area contributed by atoms with Crippen LogP contribution in [0.2, 0.25) is 5.02 Å². The molecule has 5 heteroatoms. The average Bonchev–Trinajstić information content (AvgIpc) is 2.44. The third-order valence-electron chi connectivity index (χ3n) is 2.99. The van der Waals surface area contributed by atoms with Crippen LogP contribution in [0.25, 0.3) is 0 Å². The zero-order valence-corrected chi connectivity index (χ0v) is 13.4. The molecule has 0 aliphatic heterocycles. The number of hydrogen-bond acceptors (Lipinski definition) is 2. The molecule has 2 rings (SSSR count). The summed E-state index contributed by atoms with van der Waals surface area (Å²) in [6.07, 6.45) is 0. The molecule has 0 radical (unpaired) electrons. The van der Waals surface area contributed by atoms with Crippen LogP contribution in [0.4, 0.5) is 10.1 Å². The van der Waals surface area contributed by atoms with E-state index in [1.165, 1.54) is 6.07 Å². The molecule has 106 valence electrons. The van der Waals surface area contributed by atoms with Crippen LogP contribution in [-0.2, 0) is 0 Å². The van der Waals surface area contributed by atoms with Gasteiger partial charge < -0.3 is 10.1 Å². The number of rotatable bonds is 4. The van der Waals surface area contributed by atoms with Crippen LogP contribution in [-0.4, -0.2) is 7.11 Å². The van der Waals surface area contributed by atoms with E-state index in [0.29, 0.717) is 0 Å². The predicted molar refractivity (Wildman–Crippen MR) is 84.1 cm³/mol. The fourth-order valence-electron chi connectivity index (χ4n) is 1.84. The molecule has 0 aliphatic rings. The van der Waals surface area contributed by atoms with E-state index in [2.05, 4.69) is 21.2 Å². The normalized spacial score (nSPS) is 12.1. The highest BCUT2D eigenvalue weighted by Gasteiger charge is 2.10. The summed E-state index contributed by atoms with van der Waals surface area (Å²) in [7, 11) is 1.62. The lowest BCUT2D eigenvalue weighted by molar-refractivity contribution is 0.415. The summed E-state index contributed by atoms with van der Waals surface area (Å²) in [6, 6.07) is 10.4. The Morgan fingerprint density at radius 2 is 2.00 bits per heavy atom. The molecule has 1 atom stereocenters. The first-order chi connectivity index (χ1) is 9.51. The molecule has 0 aliphatic carbocycles. The molecule has 0 bridgehead atoms. The van der Waals surface area contributed by atoms with Gasteiger partial charge in [0.2, 0.25) is 0 Å². The van der Waals surface area contributed by atoms with E-state index < -0.39 is 5.82 Å². The van der Waals surface area contributed by atoms with Gasteiger partial charge in [-0.3, -0.25) is 0 Å². The molecule has 0 aromatic heterocycles. The van der Waals surface area contributed by atoms with Crippen LogP contribution in [0.15, 0.2) is 40.9 Å². The van der Waals surface area contributed by atoms with Crippen LogP contribution >= 0.6 is 27.5 Å². The smallest absolute Gasteiger partial charge is 0.141 e. The SMILES string of the molecule is COc1ccc(Br)c(NC(C)c2ccc(F)c(Cl)c2)c1. The van der Waals surface area contributed by atoms with Crippen molar-refractivity contribution < 1.29 is 9.13 Å². The summed E-state index contributed by atoms with van der Waals surface area (Å²) < 4.78 is 19.3. The lowest BCUT2D eigenvalue weighted by Gasteiger charge is -2.18. The highest BCUT2D eigenvalue weighted by molar-refractivity contribution is 9.10. The third kappa shape index (κ3) is 3.44. The molecule has 0 amide bonds. The second-order valence-electron chi connectivity index (χ2n) is 4.39. The maximum Gasteiger partial charge on any atom is 0.141 e. The average molecular weight is 359 g/mol. The Kier molecular flexibility index (Phi) is 4.89. The van der Waals surface area contributed by atoms with Gasteiger partial charge in [0.25, 0.3) is 0 Å². The van der Waals surface area contributed by atoms with E-state index in [0.717, 1.165) is 21.5 Å². The van der Waals surface area contributed by atoms with Gasteiger partial charge in [-0.1, -0.05) is 17.7 Å². The Bertz CT molecular complexity index is 621. The number of ether oxygens (including phenoxy) is 1. The minimum absolute atomic E-state index is 0.0171. The zero-order valence-electron chi connectivity index (χ0n) is 11.1. The number of nitrogens with one attached hydrogen (secondary N) is 1. The van der Waals surface area contributed by atoms with Crippen LogP contribution < -0.4 is 10.1 Å². The van der Waals surface area contributed by atoms with Gasteiger partial charge in [0.15, 0.2) is 0 Å². The Hall–Kier alpha value is -1.26. The van der Waals surface area contributed by atoms with Gasteiger partial charge in [0.05, 0.1) is 17.8 Å². The topological polar surface area (TPSA) is 21.3 Å². The first-order valence-electron chi connectivity index (χ1n) is 6.06. The van der Waals surface area contributed by atoms with Crippen molar-refractivity contribution in [1.29, 1.82) is 0 Å². The van der Waals surface area contributed by atoms with E-state index in [1.807, 2.05) is 25.1 Å². The lowest BCUT2D eigenvalue weighted by atomic mass is 10.1. The van der Waals surface area contributed by atoms with E-state index in [4.69, 9.17) is 16.3 Å². The van der Waals surface area contributed by atoms with Crippen molar-refractivity contribution in [2.45, 2.75) is 13.0 Å². The summed E-state index contributed by atoms with van der Waals surface area (Å²) in [5.41, 5.74) is 1.81. The van der Waals surface area contributed by atoms with E-state index in [9.17, 15) is 4.39 Å². The monoisotopic (exact) mass is 357 g/mol. The molecular weight excluding hydrogens is 345 g/mol. The van der Waals surface area contributed by atoms with Gasteiger partial charge in [0, 0.05) is 16.6 Å². The number of hydrogen-bond donors (Lipinski definition) is 1. The molecule has 1 unspecified atom stereocenters. The number of halogens is 3. The van der Waals surface area contributed by atoms with Gasteiger partial charge >= 0.3 is 0 Å². The number of methoxy groups -OCH3 is 1. The van der Waals surface area contributed by atoms with Crippen molar-refractivity contribution in [1.82, 2.24) is 0 Å². The molecule has 0 heterocycles. The summed E-state index contributed by atoms with van der Waals surface area (Å²) >= 11 is 9.29. The summed E-state index contributed by atoms with van der Waals surface area (Å²) in [4.78, 5) is 0. The van der Waals surface area contributed by atoms with Gasteiger partial charge in [-0.05, 0) is 52.7 Å². The lowest BCUT2D eigenvalue weighted by Crippen LogP contribution is -2.07. The predicted octanol–water partition coefficient (Wildman–Crippen LogP) is 5.42. The highest BCUT2D eigenvalue weighted by Crippen LogP contribution is 2.31. The first kappa shape index (κ1) is 15.1. The second-order valence-corrected chi connectivity index (χ2v) is 5.65. The highest BCUT2D eigenvalue weighted by atomic mass is 79.9. The Morgan fingerprint density at radius 3 is 2.65 bits per heavy atom. The van der Waals surface area contributed by atoms with Crippen molar-refractivity contribution >= 4 is 33.2 Å². The Labute approximate surface area is 131 Å². The summed E-state index contributed by atoms with van der Waals surface area (Å²) in [5.74, 6) is 0.352. The van der Waals surface area contributed by atoms with Crippen LogP contribution in [0.3, 0.4) is 0 Å². The minimum atomic E-state index is -0.412. The standard InChI is InChI=1S/C15H14BrClFNO/c1-9(10-3-6-14(18)13(17)7-10)19-15-8-11(20-2)4-5-12(15)16/h3-9,19H,1-2H3. The fourth-order valence-corrected chi connectivity index (χ4v) is 2.39. The Morgan fingerprint density at radius 1 is 1.25 bits per heavy atom. The molecule has 0 spiro atoms. The van der Waals surface area contributed by atoms with Gasteiger partial charge in [-0.15, -0.1) is 0 Å². The molecule has 20 heavy (non-hydrogen) atoms. The van der Waals surface area contributed by atoms with E-state index in [1.54, 1.807) is 19.2 Å². The third-order valence-corrected chi connectivity index (χ3v) is 3.97. The minimum Gasteiger partial charge on any atom is -0.497 e. The summed E-state index contributed by atoms with van der Waals surface area (Å²) in [6.45, 7) is 1.98. The molecule has 0 saturated heterocycles. The molecule has 0 fully saturated rings. The van der Waals surface area contributed by atoms with Crippen molar-refractivity contribution in [3.05, 3.63) is 57.3 Å². The quantitative estimate of drug-likeness (QED) is 0.787. The molecule has 0 saturated carbocycles. The Balaban J connectivity index is 2.22. The van der Waals surface area contributed by atoms with E-state index >= 15 is 0 Å². The first-order valence-corrected chi connectivity index (χ1v) is 7.23. The van der Waals surface area contributed by atoms with Crippen LogP contribution in [0.1, 0.15) is 18.5 Å². The second kappa shape index (κ2) is 6.46. The molecular formula is C15H14BrClFNO. The molecule has 2 aromatic carbocycles. The molecule has 2 nitrogen and oxygen atoms in total. The van der Waals surface area contributed by atoms with Crippen LogP contribution in [0, 0.1) is 5.82 Å². The maximum atomic E-state index is 13.2. The van der Waals surface area contributed by atoms with Crippen molar-refractivity contribution in [3.8, 4) is 5.75 Å². The fraction of sp³-hybridized carbons (Fsp3) is 0.200. The van der Waals surface area contributed by atoms with E-state index in [-0.39, 0.29) is 11.1 Å². The van der Waals surface area contributed by atoms with Crippen molar-refractivity contribution in [3.63, 3.8) is 0 Å². The summed E-state index contributed by atoms with van der Waals surface area (Å²) in [5, 5.41) is 3.47.